The van der Waals surface area contributed by atoms with Gasteiger partial charge in [-0.3, -0.25) is 4.79 Å². The molecule has 14 heavy (non-hydrogen) atoms. The smallest absolute Gasteiger partial charge is 0.295 e. The van der Waals surface area contributed by atoms with Gasteiger partial charge in [-0.2, -0.15) is 0 Å². The summed E-state index contributed by atoms with van der Waals surface area (Å²) in [7, 11) is 0. The fourth-order valence-electron chi connectivity index (χ4n) is 0.528. The number of hydrogen-bond donors (Lipinski definition) is 0. The quantitative estimate of drug-likeness (QED) is 0.304. The maximum atomic E-state index is 9.81. The van der Waals surface area contributed by atoms with Crippen molar-refractivity contribution in [3.63, 3.8) is 0 Å². The monoisotopic (exact) mass is 263 g/mol. The first-order valence-electron chi connectivity index (χ1n) is 3.64. The van der Waals surface area contributed by atoms with Gasteiger partial charge in [0.15, 0.2) is 0 Å². The van der Waals surface area contributed by atoms with Crippen LogP contribution in [0.25, 0.3) is 0 Å². The molecule has 0 aromatic heterocycles. The number of alkyl halides is 3. The van der Waals surface area contributed by atoms with Gasteiger partial charge in [-0.25, -0.2) is 0 Å². The SMILES string of the molecule is [CH2]C(OC=O)OCCOCC(Cl)(Cl)Cl. The van der Waals surface area contributed by atoms with E-state index in [2.05, 4.69) is 11.7 Å². The molecule has 0 N–H and O–H groups in total. The average molecular weight is 265 g/mol. The van der Waals surface area contributed by atoms with Gasteiger partial charge in [0.05, 0.1) is 19.8 Å². The molecule has 1 atom stereocenters. The Morgan fingerprint density at radius 3 is 2.50 bits per heavy atom. The maximum Gasteiger partial charge on any atom is 0.295 e. The lowest BCUT2D eigenvalue weighted by molar-refractivity contribution is -0.156. The van der Waals surface area contributed by atoms with Crippen molar-refractivity contribution in [2.75, 3.05) is 19.8 Å². The topological polar surface area (TPSA) is 44.8 Å². The summed E-state index contributed by atoms with van der Waals surface area (Å²) in [4.78, 5) is 9.81. The van der Waals surface area contributed by atoms with Gasteiger partial charge in [0, 0.05) is 6.92 Å². The molecule has 0 bridgehead atoms. The van der Waals surface area contributed by atoms with E-state index in [9.17, 15) is 4.79 Å². The molecule has 0 aliphatic heterocycles. The molecule has 1 radical (unpaired) electrons. The fourth-order valence-corrected chi connectivity index (χ4v) is 0.759. The molecule has 0 aliphatic carbocycles. The van der Waals surface area contributed by atoms with E-state index in [1.165, 1.54) is 0 Å². The number of carbonyl (C=O) groups excluding carboxylic acids is 1. The summed E-state index contributed by atoms with van der Waals surface area (Å²) in [5.74, 6) is 0. The summed E-state index contributed by atoms with van der Waals surface area (Å²) < 4.78 is 12.7. The molecule has 0 heterocycles. The maximum absolute atomic E-state index is 9.81. The zero-order chi connectivity index (χ0) is 11.0. The van der Waals surface area contributed by atoms with Gasteiger partial charge < -0.3 is 14.2 Å². The van der Waals surface area contributed by atoms with Crippen molar-refractivity contribution in [3.05, 3.63) is 6.92 Å². The van der Waals surface area contributed by atoms with Crippen LogP contribution in [-0.2, 0) is 19.0 Å². The molecule has 0 rings (SSSR count). The van der Waals surface area contributed by atoms with E-state index in [1.54, 1.807) is 0 Å². The van der Waals surface area contributed by atoms with Crippen LogP contribution in [0.5, 0.6) is 0 Å². The molecule has 0 aromatic rings. The Hall–Kier alpha value is 0.260. The summed E-state index contributed by atoms with van der Waals surface area (Å²) >= 11 is 16.2. The van der Waals surface area contributed by atoms with E-state index >= 15 is 0 Å². The lowest BCUT2D eigenvalue weighted by Crippen LogP contribution is -2.19. The van der Waals surface area contributed by atoms with E-state index in [0.717, 1.165) is 0 Å². The van der Waals surface area contributed by atoms with Crippen LogP contribution < -0.4 is 0 Å². The summed E-state index contributed by atoms with van der Waals surface area (Å²) in [6.07, 6.45) is -0.844. The van der Waals surface area contributed by atoms with Crippen LogP contribution in [-0.4, -0.2) is 36.4 Å². The number of rotatable bonds is 7. The third-order valence-electron chi connectivity index (χ3n) is 1.00. The van der Waals surface area contributed by atoms with Crippen molar-refractivity contribution in [3.8, 4) is 0 Å². The molecule has 0 saturated heterocycles. The number of ether oxygens (including phenoxy) is 3. The summed E-state index contributed by atoms with van der Waals surface area (Å²) in [5.41, 5.74) is 0. The molecule has 0 amide bonds. The highest BCUT2D eigenvalue weighted by Crippen LogP contribution is 2.25. The Balaban J connectivity index is 3.25. The van der Waals surface area contributed by atoms with Gasteiger partial charge in [-0.1, -0.05) is 34.8 Å². The first-order chi connectivity index (χ1) is 6.45. The van der Waals surface area contributed by atoms with Gasteiger partial charge in [-0.15, -0.1) is 0 Å². The predicted molar refractivity (Wildman–Crippen MR) is 53.4 cm³/mol. The van der Waals surface area contributed by atoms with E-state index in [4.69, 9.17) is 44.3 Å². The molecule has 0 spiro atoms. The van der Waals surface area contributed by atoms with E-state index in [1.807, 2.05) is 0 Å². The van der Waals surface area contributed by atoms with Crippen molar-refractivity contribution in [1.82, 2.24) is 0 Å². The van der Waals surface area contributed by atoms with Gasteiger partial charge in [0.2, 0.25) is 10.1 Å². The van der Waals surface area contributed by atoms with Gasteiger partial charge in [0.1, 0.15) is 0 Å². The molecule has 7 heteroatoms. The molecular weight excluding hydrogens is 254 g/mol. The molecule has 0 saturated carbocycles. The lowest BCUT2D eigenvalue weighted by atomic mass is 10.7. The van der Waals surface area contributed by atoms with Gasteiger partial charge in [-0.05, 0) is 0 Å². The van der Waals surface area contributed by atoms with Crippen molar-refractivity contribution in [2.45, 2.75) is 10.1 Å². The van der Waals surface area contributed by atoms with Crippen molar-refractivity contribution in [2.24, 2.45) is 0 Å². The lowest BCUT2D eigenvalue weighted by Gasteiger charge is -2.13. The fraction of sp³-hybridized carbons (Fsp3) is 0.714. The molecule has 0 aromatic carbocycles. The minimum absolute atomic E-state index is 0.0304. The van der Waals surface area contributed by atoms with Crippen LogP contribution in [0.15, 0.2) is 0 Å². The third-order valence-corrected chi connectivity index (χ3v) is 1.33. The second-order valence-electron chi connectivity index (χ2n) is 2.20. The van der Waals surface area contributed by atoms with Crippen LogP contribution in [0.4, 0.5) is 0 Å². The Kier molecular flexibility index (Phi) is 7.68. The molecule has 4 nitrogen and oxygen atoms in total. The minimum Gasteiger partial charge on any atom is -0.438 e. The highest BCUT2D eigenvalue weighted by atomic mass is 35.6. The zero-order valence-electron chi connectivity index (χ0n) is 7.25. The second-order valence-corrected chi connectivity index (χ2v) is 4.72. The minimum atomic E-state index is -1.43. The van der Waals surface area contributed by atoms with Crippen LogP contribution >= 0.6 is 34.8 Å². The average Bonchev–Trinajstić information content (AvgIpc) is 2.02. The highest BCUT2D eigenvalue weighted by molar-refractivity contribution is 6.67. The van der Waals surface area contributed by atoms with E-state index < -0.39 is 10.1 Å². The normalized spacial score (nSPS) is 13.7. The Morgan fingerprint density at radius 1 is 1.36 bits per heavy atom. The van der Waals surface area contributed by atoms with Crippen molar-refractivity contribution < 1.29 is 19.0 Å². The van der Waals surface area contributed by atoms with Crippen LogP contribution in [0.2, 0.25) is 0 Å². The number of halogens is 3. The first kappa shape index (κ1) is 14.3. The molecule has 1 unspecified atom stereocenters. The Bertz CT molecular complexity index is 160. The third kappa shape index (κ3) is 10.3. The Morgan fingerprint density at radius 2 is 2.00 bits per heavy atom. The second kappa shape index (κ2) is 7.54. The largest absolute Gasteiger partial charge is 0.438 e. The molecule has 0 fully saturated rings. The molecular formula is C7H10Cl3O4. The predicted octanol–water partition coefficient (Wildman–Crippen LogP) is 1.72. The Labute approximate surface area is 97.3 Å². The zero-order valence-corrected chi connectivity index (χ0v) is 9.52. The van der Waals surface area contributed by atoms with Crippen LogP contribution in [0, 0.1) is 6.92 Å². The van der Waals surface area contributed by atoms with E-state index in [0.29, 0.717) is 0 Å². The van der Waals surface area contributed by atoms with E-state index in [-0.39, 0.29) is 26.3 Å². The van der Waals surface area contributed by atoms with Crippen molar-refractivity contribution in [1.29, 1.82) is 0 Å². The highest BCUT2D eigenvalue weighted by Gasteiger charge is 2.19. The summed E-state index contributed by atoms with van der Waals surface area (Å²) in [6.45, 7) is 4.01. The van der Waals surface area contributed by atoms with Crippen molar-refractivity contribution >= 4 is 41.3 Å². The first-order valence-corrected chi connectivity index (χ1v) is 4.77. The number of hydrogen-bond acceptors (Lipinski definition) is 4. The van der Waals surface area contributed by atoms with Crippen LogP contribution in [0.1, 0.15) is 0 Å². The van der Waals surface area contributed by atoms with Gasteiger partial charge in [0.25, 0.3) is 6.47 Å². The van der Waals surface area contributed by atoms with Gasteiger partial charge >= 0.3 is 0 Å². The standard InChI is InChI=1S/C7H10Cl3O4/c1-6(14-5-11)13-3-2-12-4-7(8,9)10/h5-6H,1-4H2. The molecule has 83 valence electrons. The van der Waals surface area contributed by atoms with Crippen LogP contribution in [0.3, 0.4) is 0 Å². The summed E-state index contributed by atoms with van der Waals surface area (Å²) in [6, 6.07) is 0. The molecule has 0 aliphatic rings. The number of carbonyl (C=O) groups is 1. The summed E-state index contributed by atoms with van der Waals surface area (Å²) in [5, 5.41) is 0.